The second kappa shape index (κ2) is 29.8. The van der Waals surface area contributed by atoms with Crippen LogP contribution < -0.4 is 54.4 Å². The number of aromatic amines is 1. The third-order valence-electron chi connectivity index (χ3n) is 12.8. The van der Waals surface area contributed by atoms with E-state index in [4.69, 9.17) is 20.9 Å². The number of esters is 1. The summed E-state index contributed by atoms with van der Waals surface area (Å²) >= 11 is 0. The highest BCUT2D eigenvalue weighted by molar-refractivity contribution is 5.99. The minimum Gasteiger partial charge on any atom is -0.460 e. The number of nitrogens with one attached hydrogen (secondary N) is 9. The molecule has 0 fully saturated rings. The van der Waals surface area contributed by atoms with Gasteiger partial charge in [0.15, 0.2) is 0 Å². The van der Waals surface area contributed by atoms with Crippen molar-refractivity contribution in [3.8, 4) is 0 Å². The van der Waals surface area contributed by atoms with Gasteiger partial charge in [-0.05, 0) is 89.6 Å². The van der Waals surface area contributed by atoms with E-state index in [9.17, 15) is 48.3 Å². The van der Waals surface area contributed by atoms with Crippen molar-refractivity contribution in [2.24, 2.45) is 11.5 Å². The quantitative estimate of drug-likeness (QED) is 0.0147. The number of rotatable bonds is 28. The second-order valence-corrected chi connectivity index (χ2v) is 21.9. The molecule has 83 heavy (non-hydrogen) atoms. The van der Waals surface area contributed by atoms with E-state index in [1.165, 1.54) is 14.0 Å². The predicted octanol–water partition coefficient (Wildman–Crippen LogP) is 1.85. The van der Waals surface area contributed by atoms with Crippen LogP contribution in [-0.2, 0) is 59.8 Å². The van der Waals surface area contributed by atoms with Gasteiger partial charge in [0.05, 0.1) is 31.5 Å². The standard InChI is InChI=1S/C59H78N12O12/c1-36(72)50(67-48(74)35-71(8)55(80)42(60)28-20-30-63-69-56(81)83-58(5,6)7)54(79)66-46(33-49(75)82-57(2,3)4)53(78)65-45(52(77)64-44(51(61)76)31-37-34-62-43-29-19-18-27-41(37)43)32-47(73)68-70-59(38-21-12-9-13-22-38,39-23-14-10-15-24-39)40-25-16-11-17-26-40/h9-19,21-27,29,34,36,42,44-46,50,62-63,70,72H,20,28,30-33,35,60H2,1-8H3,(H2,61,76)(H,64,77)(H,65,78)(H,66,79)(H,67,74)(H,68,73)(H,69,81)/t36-,42+,44+,45-,46+,50+/m1/s1. The molecule has 446 valence electrons. The van der Waals surface area contributed by atoms with E-state index in [2.05, 4.69) is 48.0 Å². The van der Waals surface area contributed by atoms with Crippen molar-refractivity contribution in [1.29, 1.82) is 0 Å². The number of likely N-dealkylation sites (N-methyl/N-ethyl adjacent to an activating group) is 1. The third-order valence-corrected chi connectivity index (χ3v) is 12.8. The lowest BCUT2D eigenvalue weighted by Crippen LogP contribution is -2.61. The molecule has 1 heterocycles. The van der Waals surface area contributed by atoms with Crippen LogP contribution in [0.1, 0.15) is 96.4 Å². The normalized spacial score (nSPS) is 13.8. The molecular weight excluding hydrogens is 1070 g/mol. The minimum atomic E-state index is -1.90. The van der Waals surface area contributed by atoms with Crippen LogP contribution in [0.25, 0.3) is 10.9 Å². The summed E-state index contributed by atoms with van der Waals surface area (Å²) in [6, 6.07) is 27.0. The summed E-state index contributed by atoms with van der Waals surface area (Å²) in [5.74, 6) is -7.77. The summed E-state index contributed by atoms with van der Waals surface area (Å²) in [6.07, 6.45) is -1.98. The maximum Gasteiger partial charge on any atom is 0.422 e. The first-order chi connectivity index (χ1) is 39.2. The average Bonchev–Trinajstić information content (AvgIpc) is 2.75. The number of primary amides is 1. The van der Waals surface area contributed by atoms with Gasteiger partial charge in [-0.3, -0.25) is 49.2 Å². The summed E-state index contributed by atoms with van der Waals surface area (Å²) in [5, 5.41) is 21.4. The smallest absolute Gasteiger partial charge is 0.422 e. The van der Waals surface area contributed by atoms with E-state index in [0.717, 1.165) is 15.8 Å². The van der Waals surface area contributed by atoms with E-state index in [1.54, 1.807) is 53.8 Å². The SMILES string of the molecule is C[C@@H](O)[C@H](NC(=O)CN(C)C(=O)[C@@H](N)CCCNNC(=O)OC(C)(C)C)C(=O)N[C@@H](CC(=O)OC(C)(C)C)C(=O)N[C@H](CC(=O)NNC(c1ccccc1)(c1ccccc1)c1ccccc1)C(=O)N[C@@H](Cc1c[nH]c2ccccc12)C(N)=O. The number of para-hydroxylation sites is 1. The highest BCUT2D eigenvalue weighted by Gasteiger charge is 2.39. The van der Waals surface area contributed by atoms with Crippen molar-refractivity contribution in [2.75, 3.05) is 20.1 Å². The molecule has 5 rings (SSSR count). The number of hydrogen-bond donors (Lipinski definition) is 12. The highest BCUT2D eigenvalue weighted by Crippen LogP contribution is 2.36. The van der Waals surface area contributed by atoms with Gasteiger partial charge in [-0.1, -0.05) is 109 Å². The molecule has 0 saturated heterocycles. The lowest BCUT2D eigenvalue weighted by Gasteiger charge is -2.37. The number of nitrogens with zero attached hydrogens (tertiary/aromatic N) is 1. The Hall–Kier alpha value is -8.71. The number of nitrogens with two attached hydrogens (primary N) is 2. The Morgan fingerprint density at radius 2 is 1.14 bits per heavy atom. The van der Waals surface area contributed by atoms with Gasteiger partial charge in [-0.15, -0.1) is 0 Å². The molecule has 0 radical (unpaired) electrons. The van der Waals surface area contributed by atoms with Gasteiger partial charge in [0, 0.05) is 37.1 Å². The average molecular weight is 1150 g/mol. The van der Waals surface area contributed by atoms with E-state index in [1.807, 2.05) is 109 Å². The Bertz CT molecular complexity index is 2920. The number of carbonyl (C=O) groups excluding carboxylic acids is 9. The van der Waals surface area contributed by atoms with Crippen LogP contribution in [0.15, 0.2) is 121 Å². The number of amides is 8. The molecule has 0 saturated carbocycles. The lowest BCUT2D eigenvalue weighted by atomic mass is 9.77. The molecule has 14 N–H and O–H groups in total. The third kappa shape index (κ3) is 19.8. The van der Waals surface area contributed by atoms with Gasteiger partial charge < -0.3 is 57.2 Å². The monoisotopic (exact) mass is 1150 g/mol. The van der Waals surface area contributed by atoms with Gasteiger partial charge in [0.25, 0.3) is 0 Å². The van der Waals surface area contributed by atoms with E-state index in [0.29, 0.717) is 28.7 Å². The van der Waals surface area contributed by atoms with Gasteiger partial charge >= 0.3 is 12.1 Å². The Balaban J connectivity index is 1.39. The Labute approximate surface area is 482 Å². The summed E-state index contributed by atoms with van der Waals surface area (Å²) < 4.78 is 10.7. The molecule has 6 atom stereocenters. The first-order valence-electron chi connectivity index (χ1n) is 27.1. The first-order valence-corrected chi connectivity index (χ1v) is 27.1. The zero-order chi connectivity index (χ0) is 61.1. The topological polar surface area (TPSA) is 360 Å². The largest absolute Gasteiger partial charge is 0.460 e. The lowest BCUT2D eigenvalue weighted by molar-refractivity contribution is -0.157. The predicted molar refractivity (Wildman–Crippen MR) is 308 cm³/mol. The fourth-order valence-electron chi connectivity index (χ4n) is 8.87. The van der Waals surface area contributed by atoms with Gasteiger partial charge in [0.1, 0.15) is 40.9 Å². The number of aliphatic hydroxyl groups excluding tert-OH is 1. The fourth-order valence-corrected chi connectivity index (χ4v) is 8.87. The molecule has 24 heteroatoms. The maximum atomic E-state index is 14.7. The number of benzene rings is 4. The number of aliphatic hydroxyl groups is 1. The zero-order valence-electron chi connectivity index (χ0n) is 48.0. The zero-order valence-corrected chi connectivity index (χ0v) is 48.0. The summed E-state index contributed by atoms with van der Waals surface area (Å²) in [6.45, 7) is 10.6. The van der Waals surface area contributed by atoms with E-state index >= 15 is 0 Å². The Morgan fingerprint density at radius 1 is 0.639 bits per heavy atom. The van der Waals surface area contributed by atoms with Crippen molar-refractivity contribution in [2.45, 2.75) is 134 Å². The van der Waals surface area contributed by atoms with Crippen LogP contribution >= 0.6 is 0 Å². The fraction of sp³-hybridized carbons (Fsp3) is 0.407. The molecule has 1 aromatic heterocycles. The van der Waals surface area contributed by atoms with E-state index < -0.39 is 126 Å². The summed E-state index contributed by atoms with van der Waals surface area (Å²) in [7, 11) is 1.30. The number of carbonyl (C=O) groups is 9. The van der Waals surface area contributed by atoms with Crippen molar-refractivity contribution < 1.29 is 57.7 Å². The Morgan fingerprint density at radius 3 is 1.67 bits per heavy atom. The molecule has 0 aliphatic rings. The second-order valence-electron chi connectivity index (χ2n) is 21.9. The van der Waals surface area contributed by atoms with Crippen molar-refractivity contribution in [3.05, 3.63) is 144 Å². The van der Waals surface area contributed by atoms with Crippen LogP contribution in [0.2, 0.25) is 0 Å². The number of H-pyrrole nitrogens is 1. The van der Waals surface area contributed by atoms with E-state index in [-0.39, 0.29) is 19.4 Å². The van der Waals surface area contributed by atoms with Crippen LogP contribution in [0, 0.1) is 0 Å². The number of hydrogen-bond acceptors (Lipinski definition) is 15. The van der Waals surface area contributed by atoms with Crippen LogP contribution in [0.3, 0.4) is 0 Å². The summed E-state index contributed by atoms with van der Waals surface area (Å²) in [5.41, 5.74) is 23.5. The number of aromatic nitrogens is 1. The highest BCUT2D eigenvalue weighted by atomic mass is 16.6. The molecule has 8 amide bonds. The molecule has 0 aliphatic heterocycles. The van der Waals surface area contributed by atoms with Crippen LogP contribution in [0.5, 0.6) is 0 Å². The molecule has 4 aromatic carbocycles. The molecule has 24 nitrogen and oxygen atoms in total. The molecule has 0 spiro atoms. The van der Waals surface area contributed by atoms with Gasteiger partial charge in [0.2, 0.25) is 41.4 Å². The molecular formula is C59H78N12O12. The molecule has 0 aliphatic carbocycles. The number of ether oxygens (including phenoxy) is 2. The van der Waals surface area contributed by atoms with Crippen LogP contribution in [0.4, 0.5) is 4.79 Å². The van der Waals surface area contributed by atoms with Crippen molar-refractivity contribution in [1.82, 2.24) is 52.9 Å². The van der Waals surface area contributed by atoms with Gasteiger partial charge in [-0.2, -0.15) is 0 Å². The molecule has 0 unspecified atom stereocenters. The van der Waals surface area contributed by atoms with Gasteiger partial charge in [-0.25, -0.2) is 15.6 Å². The number of fused-ring (bicyclic) bond motifs is 1. The Kier molecular flexibility index (Phi) is 23.4. The van der Waals surface area contributed by atoms with Crippen LogP contribution in [-0.4, -0.2) is 136 Å². The van der Waals surface area contributed by atoms with Crippen molar-refractivity contribution in [3.63, 3.8) is 0 Å². The minimum absolute atomic E-state index is 0.109. The first kappa shape index (κ1) is 65.1. The van der Waals surface area contributed by atoms with Crippen molar-refractivity contribution >= 4 is 64.3 Å². The maximum absolute atomic E-state index is 14.7. The summed E-state index contributed by atoms with van der Waals surface area (Å²) in [4.78, 5) is 127. The molecule has 0 bridgehead atoms. The number of hydrazine groups is 2. The molecule has 5 aromatic rings.